The van der Waals surface area contributed by atoms with E-state index < -0.39 is 0 Å². The quantitative estimate of drug-likeness (QED) is 0.707. The fourth-order valence-corrected chi connectivity index (χ4v) is 2.42. The van der Waals surface area contributed by atoms with E-state index in [1.165, 1.54) is 23.9 Å². The number of hydrogen-bond donors (Lipinski definition) is 1. The molecule has 0 bridgehead atoms. The topological polar surface area (TPSA) is 46.9 Å². The highest BCUT2D eigenvalue weighted by atomic mass is 19.1. The van der Waals surface area contributed by atoms with Gasteiger partial charge in [0.2, 0.25) is 0 Å². The van der Waals surface area contributed by atoms with Crippen molar-refractivity contribution in [1.29, 1.82) is 0 Å². The molecule has 1 heterocycles. The summed E-state index contributed by atoms with van der Waals surface area (Å²) in [7, 11) is 0. The second-order valence-electron chi connectivity index (χ2n) is 5.50. The van der Waals surface area contributed by atoms with Crippen LogP contribution >= 0.6 is 0 Å². The summed E-state index contributed by atoms with van der Waals surface area (Å²) in [5.41, 5.74) is 2.45. The molecule has 24 heavy (non-hydrogen) atoms. The van der Waals surface area contributed by atoms with Crippen molar-refractivity contribution < 1.29 is 9.18 Å². The van der Waals surface area contributed by atoms with Crippen molar-refractivity contribution in [2.75, 3.05) is 6.54 Å². The number of rotatable bonds is 6. The smallest absolute Gasteiger partial charge is 0.254 e. The maximum absolute atomic E-state index is 12.9. The third-order valence-corrected chi connectivity index (χ3v) is 3.71. The van der Waals surface area contributed by atoms with Gasteiger partial charge >= 0.3 is 0 Å². The molecule has 3 aromatic rings. The molecule has 0 atom stereocenters. The SMILES string of the molecule is O=C(NCCCc1ccccc1)c1cnn(-c2ccc(F)cc2)c1. The lowest BCUT2D eigenvalue weighted by Gasteiger charge is -2.04. The van der Waals surface area contributed by atoms with E-state index in [0.29, 0.717) is 17.8 Å². The number of hydrogen-bond acceptors (Lipinski definition) is 2. The predicted octanol–water partition coefficient (Wildman–Crippen LogP) is 3.37. The summed E-state index contributed by atoms with van der Waals surface area (Å²) >= 11 is 0. The number of nitrogens with zero attached hydrogens (tertiary/aromatic N) is 2. The molecule has 0 unspecified atom stereocenters. The van der Waals surface area contributed by atoms with E-state index >= 15 is 0 Å². The highest BCUT2D eigenvalue weighted by Gasteiger charge is 2.09. The highest BCUT2D eigenvalue weighted by Crippen LogP contribution is 2.09. The number of carbonyl (C=O) groups is 1. The second-order valence-corrected chi connectivity index (χ2v) is 5.50. The maximum atomic E-state index is 12.9. The van der Waals surface area contributed by atoms with E-state index in [0.717, 1.165) is 12.8 Å². The Morgan fingerprint density at radius 2 is 1.83 bits per heavy atom. The normalized spacial score (nSPS) is 10.5. The second kappa shape index (κ2) is 7.55. The molecule has 1 N–H and O–H groups in total. The van der Waals surface area contributed by atoms with Crippen LogP contribution in [-0.4, -0.2) is 22.2 Å². The van der Waals surface area contributed by atoms with Gasteiger partial charge in [-0.15, -0.1) is 0 Å². The molecule has 1 amide bonds. The number of nitrogens with one attached hydrogen (secondary N) is 1. The Morgan fingerprint density at radius 3 is 2.58 bits per heavy atom. The molecule has 0 aliphatic carbocycles. The van der Waals surface area contributed by atoms with Gasteiger partial charge in [-0.25, -0.2) is 9.07 Å². The van der Waals surface area contributed by atoms with Crippen molar-refractivity contribution in [2.45, 2.75) is 12.8 Å². The summed E-state index contributed by atoms with van der Waals surface area (Å²) in [6, 6.07) is 16.1. The molecule has 0 fully saturated rings. The van der Waals surface area contributed by atoms with Crippen LogP contribution in [0.1, 0.15) is 22.3 Å². The number of aromatic nitrogens is 2. The zero-order valence-electron chi connectivity index (χ0n) is 13.2. The Hall–Kier alpha value is -2.95. The van der Waals surface area contributed by atoms with Crippen molar-refractivity contribution in [2.24, 2.45) is 0 Å². The van der Waals surface area contributed by atoms with E-state index in [2.05, 4.69) is 22.5 Å². The monoisotopic (exact) mass is 323 g/mol. The van der Waals surface area contributed by atoms with Gasteiger partial charge in [0.25, 0.3) is 5.91 Å². The first-order valence-corrected chi connectivity index (χ1v) is 7.85. The van der Waals surface area contributed by atoms with Gasteiger partial charge in [0.15, 0.2) is 0 Å². The third-order valence-electron chi connectivity index (χ3n) is 3.71. The first-order valence-electron chi connectivity index (χ1n) is 7.85. The fraction of sp³-hybridized carbons (Fsp3) is 0.158. The summed E-state index contributed by atoms with van der Waals surface area (Å²) in [5.74, 6) is -0.460. The minimum Gasteiger partial charge on any atom is -0.352 e. The van der Waals surface area contributed by atoms with Gasteiger partial charge in [-0.1, -0.05) is 30.3 Å². The van der Waals surface area contributed by atoms with Gasteiger partial charge in [-0.2, -0.15) is 5.10 Å². The highest BCUT2D eigenvalue weighted by molar-refractivity contribution is 5.93. The lowest BCUT2D eigenvalue weighted by atomic mass is 10.1. The summed E-state index contributed by atoms with van der Waals surface area (Å²) in [6.45, 7) is 0.607. The number of amides is 1. The lowest BCUT2D eigenvalue weighted by Crippen LogP contribution is -2.24. The number of aryl methyl sites for hydroxylation is 1. The third kappa shape index (κ3) is 4.07. The Balaban J connectivity index is 1.51. The van der Waals surface area contributed by atoms with Crippen LogP contribution < -0.4 is 5.32 Å². The van der Waals surface area contributed by atoms with Gasteiger partial charge in [-0.3, -0.25) is 4.79 Å². The van der Waals surface area contributed by atoms with Gasteiger partial charge in [0, 0.05) is 12.7 Å². The molecule has 0 aliphatic heterocycles. The summed E-state index contributed by atoms with van der Waals surface area (Å²) in [6.07, 6.45) is 4.95. The van der Waals surface area contributed by atoms with Crippen LogP contribution in [0.15, 0.2) is 67.0 Å². The molecule has 0 aliphatic rings. The molecule has 4 nitrogen and oxygen atoms in total. The van der Waals surface area contributed by atoms with E-state index in [-0.39, 0.29) is 11.7 Å². The number of carbonyl (C=O) groups excluding carboxylic acids is 1. The maximum Gasteiger partial charge on any atom is 0.254 e. The fourth-order valence-electron chi connectivity index (χ4n) is 2.42. The predicted molar refractivity (Wildman–Crippen MR) is 90.6 cm³/mol. The molecule has 1 aromatic heterocycles. The van der Waals surface area contributed by atoms with Gasteiger partial charge in [-0.05, 0) is 42.7 Å². The van der Waals surface area contributed by atoms with Crippen LogP contribution in [0, 0.1) is 5.82 Å². The van der Waals surface area contributed by atoms with Gasteiger partial charge in [0.1, 0.15) is 5.82 Å². The largest absolute Gasteiger partial charge is 0.352 e. The molecule has 0 saturated heterocycles. The van der Waals surface area contributed by atoms with E-state index in [4.69, 9.17) is 0 Å². The molecule has 0 radical (unpaired) electrons. The molecule has 0 spiro atoms. The Kier molecular flexibility index (Phi) is 5.01. The molecule has 0 saturated carbocycles. The van der Waals surface area contributed by atoms with Crippen molar-refractivity contribution in [3.63, 3.8) is 0 Å². The van der Waals surface area contributed by atoms with Crippen molar-refractivity contribution in [3.05, 3.63) is 83.9 Å². The molecule has 2 aromatic carbocycles. The van der Waals surface area contributed by atoms with Crippen LogP contribution in [0.25, 0.3) is 5.69 Å². The summed E-state index contributed by atoms with van der Waals surface area (Å²) < 4.78 is 14.5. The zero-order valence-corrected chi connectivity index (χ0v) is 13.2. The van der Waals surface area contributed by atoms with Gasteiger partial charge < -0.3 is 5.32 Å². The van der Waals surface area contributed by atoms with Crippen LogP contribution in [0.4, 0.5) is 4.39 Å². The summed E-state index contributed by atoms with van der Waals surface area (Å²) in [5, 5.41) is 7.04. The first kappa shape index (κ1) is 15.9. The van der Waals surface area contributed by atoms with Crippen LogP contribution in [0.3, 0.4) is 0 Å². The molecule has 5 heteroatoms. The Morgan fingerprint density at radius 1 is 1.08 bits per heavy atom. The van der Waals surface area contributed by atoms with Crippen molar-refractivity contribution >= 4 is 5.91 Å². The lowest BCUT2D eigenvalue weighted by molar-refractivity contribution is 0.0953. The van der Waals surface area contributed by atoms with Crippen LogP contribution in [-0.2, 0) is 6.42 Å². The number of benzene rings is 2. The van der Waals surface area contributed by atoms with Gasteiger partial charge in [0.05, 0.1) is 17.4 Å². The minimum atomic E-state index is -0.303. The average molecular weight is 323 g/mol. The van der Waals surface area contributed by atoms with Crippen LogP contribution in [0.5, 0.6) is 0 Å². The molecule has 3 rings (SSSR count). The molecule has 122 valence electrons. The number of halogens is 1. The Labute approximate surface area is 139 Å². The molecular weight excluding hydrogens is 305 g/mol. The van der Waals surface area contributed by atoms with E-state index in [9.17, 15) is 9.18 Å². The Bertz CT molecular complexity index is 797. The van der Waals surface area contributed by atoms with E-state index in [1.807, 2.05) is 18.2 Å². The van der Waals surface area contributed by atoms with Crippen molar-refractivity contribution in [3.8, 4) is 5.69 Å². The molecular formula is C19H18FN3O. The minimum absolute atomic E-state index is 0.156. The average Bonchev–Trinajstić information content (AvgIpc) is 3.10. The van der Waals surface area contributed by atoms with Crippen LogP contribution in [0.2, 0.25) is 0 Å². The standard InChI is InChI=1S/C19H18FN3O/c20-17-8-10-18(11-9-17)23-14-16(13-22-23)19(24)21-12-4-7-15-5-2-1-3-6-15/h1-3,5-6,8-11,13-14H,4,7,12H2,(H,21,24). The summed E-state index contributed by atoms with van der Waals surface area (Å²) in [4.78, 5) is 12.1. The van der Waals surface area contributed by atoms with E-state index in [1.54, 1.807) is 23.0 Å². The first-order chi connectivity index (χ1) is 11.7. The van der Waals surface area contributed by atoms with Crippen molar-refractivity contribution in [1.82, 2.24) is 15.1 Å². The zero-order chi connectivity index (χ0) is 16.8.